The number of rotatable bonds is 5. The van der Waals surface area contributed by atoms with Gasteiger partial charge in [-0.15, -0.1) is 11.3 Å². The van der Waals surface area contributed by atoms with Gasteiger partial charge in [0.25, 0.3) is 0 Å². The van der Waals surface area contributed by atoms with Gasteiger partial charge < -0.3 is 9.80 Å². The number of nitrogens with zero attached hydrogens (tertiary/aromatic N) is 5. The summed E-state index contributed by atoms with van der Waals surface area (Å²) in [7, 11) is 6.12. The lowest BCUT2D eigenvalue weighted by Crippen LogP contribution is -2.26. The summed E-state index contributed by atoms with van der Waals surface area (Å²) in [5.41, 5.74) is 6.29. The molecule has 3 aromatic rings. The molecule has 4 heterocycles. The summed E-state index contributed by atoms with van der Waals surface area (Å²) in [6.07, 6.45) is 7.51. The highest BCUT2D eigenvalue weighted by Gasteiger charge is 2.28. The highest BCUT2D eigenvalue weighted by molar-refractivity contribution is 7.11. The first kappa shape index (κ1) is 19.7. The number of pyridine rings is 1. The van der Waals surface area contributed by atoms with Crippen LogP contribution in [0.25, 0.3) is 5.57 Å². The summed E-state index contributed by atoms with van der Waals surface area (Å²) in [6.45, 7) is 5.33. The Morgan fingerprint density at radius 2 is 2.17 bits per heavy atom. The maximum atomic E-state index is 4.99. The van der Waals surface area contributed by atoms with Crippen LogP contribution in [0.1, 0.15) is 41.5 Å². The zero-order valence-corrected chi connectivity index (χ0v) is 18.8. The monoisotopic (exact) mass is 407 g/mol. The molecule has 0 N–H and O–H groups in total. The Bertz CT molecular complexity index is 1030. The predicted octanol–water partition coefficient (Wildman–Crippen LogP) is 5.18. The quantitative estimate of drug-likeness (QED) is 0.584. The summed E-state index contributed by atoms with van der Waals surface area (Å²) < 4.78 is 2.07. The third-order valence-corrected chi connectivity index (χ3v) is 6.36. The van der Waals surface area contributed by atoms with Crippen molar-refractivity contribution in [2.45, 2.75) is 33.1 Å². The van der Waals surface area contributed by atoms with Gasteiger partial charge in [0.1, 0.15) is 5.82 Å². The fraction of sp³-hybridized carbons (Fsp3) is 0.391. The Balaban J connectivity index is 1.81. The molecule has 152 valence electrons. The van der Waals surface area contributed by atoms with Gasteiger partial charge in [0, 0.05) is 43.7 Å². The molecular weight excluding hydrogens is 378 g/mol. The predicted molar refractivity (Wildman–Crippen MR) is 124 cm³/mol. The fourth-order valence-corrected chi connectivity index (χ4v) is 4.87. The SMILES string of the molecule is CC/C=C(/c1cccs1)c1c2c(nn1C)N(c1cnc(N(C)C)cc1C)CCC2. The van der Waals surface area contributed by atoms with Crippen molar-refractivity contribution in [2.24, 2.45) is 7.05 Å². The van der Waals surface area contributed by atoms with Gasteiger partial charge in [0.05, 0.1) is 17.6 Å². The Hall–Kier alpha value is -2.60. The number of hydrogen-bond acceptors (Lipinski definition) is 5. The molecule has 0 saturated carbocycles. The van der Waals surface area contributed by atoms with Crippen LogP contribution >= 0.6 is 11.3 Å². The molecule has 0 unspecified atom stereocenters. The molecular formula is C23H29N5S. The van der Waals surface area contributed by atoms with Gasteiger partial charge in [-0.1, -0.05) is 19.1 Å². The molecule has 29 heavy (non-hydrogen) atoms. The maximum absolute atomic E-state index is 4.99. The minimum atomic E-state index is 0.971. The Morgan fingerprint density at radius 3 is 2.83 bits per heavy atom. The van der Waals surface area contributed by atoms with Gasteiger partial charge in [-0.2, -0.15) is 5.10 Å². The van der Waals surface area contributed by atoms with Crippen molar-refractivity contribution in [2.75, 3.05) is 30.4 Å². The molecule has 0 aliphatic carbocycles. The van der Waals surface area contributed by atoms with Gasteiger partial charge in [-0.05, 0) is 49.3 Å². The third kappa shape index (κ3) is 3.57. The maximum Gasteiger partial charge on any atom is 0.158 e. The molecule has 1 aliphatic heterocycles. The van der Waals surface area contributed by atoms with Crippen molar-refractivity contribution < 1.29 is 0 Å². The lowest BCUT2D eigenvalue weighted by molar-refractivity contribution is 0.738. The highest BCUT2D eigenvalue weighted by atomic mass is 32.1. The number of aromatic nitrogens is 3. The number of hydrogen-bond donors (Lipinski definition) is 0. The number of fused-ring (bicyclic) bond motifs is 1. The second-order valence-corrected chi connectivity index (χ2v) is 8.70. The van der Waals surface area contributed by atoms with E-state index in [0.29, 0.717) is 0 Å². The van der Waals surface area contributed by atoms with E-state index in [1.807, 2.05) is 25.2 Å². The topological polar surface area (TPSA) is 37.2 Å². The fourth-order valence-electron chi connectivity index (χ4n) is 4.10. The molecule has 0 atom stereocenters. The van der Waals surface area contributed by atoms with E-state index in [9.17, 15) is 0 Å². The van der Waals surface area contributed by atoms with Gasteiger partial charge in [-0.3, -0.25) is 4.68 Å². The summed E-state index contributed by atoms with van der Waals surface area (Å²) in [5, 5.41) is 7.14. The molecule has 0 saturated heterocycles. The smallest absolute Gasteiger partial charge is 0.158 e. The van der Waals surface area contributed by atoms with Crippen LogP contribution in [0.5, 0.6) is 0 Å². The zero-order chi connectivity index (χ0) is 20.5. The normalized spacial score (nSPS) is 14.2. The third-order valence-electron chi connectivity index (χ3n) is 5.46. The average Bonchev–Trinajstić information content (AvgIpc) is 3.33. The number of allylic oxidation sites excluding steroid dienone is 1. The van der Waals surface area contributed by atoms with Crippen LogP contribution in [-0.2, 0) is 13.5 Å². The zero-order valence-electron chi connectivity index (χ0n) is 17.9. The van der Waals surface area contributed by atoms with Crippen LogP contribution in [0.4, 0.5) is 17.3 Å². The van der Waals surface area contributed by atoms with Gasteiger partial charge in [-0.25, -0.2) is 4.98 Å². The lowest BCUT2D eigenvalue weighted by atomic mass is 9.98. The Morgan fingerprint density at radius 1 is 1.34 bits per heavy atom. The van der Waals surface area contributed by atoms with E-state index in [0.717, 1.165) is 43.1 Å². The Labute approximate surface area is 177 Å². The Kier molecular flexibility index (Phi) is 5.46. The molecule has 3 aromatic heterocycles. The van der Waals surface area contributed by atoms with Gasteiger partial charge in [0.15, 0.2) is 5.82 Å². The highest BCUT2D eigenvalue weighted by Crippen LogP contribution is 2.40. The first-order chi connectivity index (χ1) is 14.0. The van der Waals surface area contributed by atoms with Crippen LogP contribution < -0.4 is 9.80 Å². The molecule has 0 aromatic carbocycles. The molecule has 5 nitrogen and oxygen atoms in total. The van der Waals surface area contributed by atoms with Crippen molar-refractivity contribution in [3.63, 3.8) is 0 Å². The molecule has 1 aliphatic rings. The van der Waals surface area contributed by atoms with Crippen molar-refractivity contribution in [3.8, 4) is 0 Å². The van der Waals surface area contributed by atoms with Crippen molar-refractivity contribution in [3.05, 3.63) is 57.6 Å². The van der Waals surface area contributed by atoms with E-state index in [4.69, 9.17) is 5.10 Å². The first-order valence-corrected chi connectivity index (χ1v) is 11.1. The van der Waals surface area contributed by atoms with Crippen LogP contribution in [-0.4, -0.2) is 35.4 Å². The molecule has 0 bridgehead atoms. The number of thiophene rings is 1. The van der Waals surface area contributed by atoms with E-state index in [-0.39, 0.29) is 0 Å². The number of anilines is 3. The molecule has 0 spiro atoms. The van der Waals surface area contributed by atoms with E-state index in [1.54, 1.807) is 11.3 Å². The largest absolute Gasteiger partial charge is 0.363 e. The first-order valence-electron chi connectivity index (χ1n) is 10.2. The van der Waals surface area contributed by atoms with E-state index >= 15 is 0 Å². The van der Waals surface area contributed by atoms with Gasteiger partial charge in [0.2, 0.25) is 0 Å². The molecule has 0 amide bonds. The second kappa shape index (κ2) is 8.03. The van der Waals surface area contributed by atoms with Crippen LogP contribution in [0.2, 0.25) is 0 Å². The second-order valence-electron chi connectivity index (χ2n) is 7.76. The van der Waals surface area contributed by atoms with Gasteiger partial charge >= 0.3 is 0 Å². The van der Waals surface area contributed by atoms with Crippen molar-refractivity contribution >= 4 is 34.2 Å². The summed E-state index contributed by atoms with van der Waals surface area (Å²) in [6, 6.07) is 6.49. The van der Waals surface area contributed by atoms with Crippen LogP contribution in [0.15, 0.2) is 35.9 Å². The molecule has 0 radical (unpaired) electrons. The molecule has 4 rings (SSSR count). The van der Waals surface area contributed by atoms with E-state index in [1.165, 1.54) is 27.3 Å². The molecule has 6 heteroatoms. The summed E-state index contributed by atoms with van der Waals surface area (Å²) in [4.78, 5) is 10.4. The average molecular weight is 408 g/mol. The van der Waals surface area contributed by atoms with E-state index < -0.39 is 0 Å². The minimum Gasteiger partial charge on any atom is -0.363 e. The summed E-state index contributed by atoms with van der Waals surface area (Å²) >= 11 is 1.79. The number of aryl methyl sites for hydroxylation is 2. The molecule has 0 fully saturated rings. The lowest BCUT2D eigenvalue weighted by Gasteiger charge is -2.29. The van der Waals surface area contributed by atoms with E-state index in [2.05, 4.69) is 65.1 Å². The van der Waals surface area contributed by atoms with Crippen LogP contribution in [0.3, 0.4) is 0 Å². The van der Waals surface area contributed by atoms with Crippen LogP contribution in [0, 0.1) is 6.92 Å². The van der Waals surface area contributed by atoms with Crippen molar-refractivity contribution in [1.29, 1.82) is 0 Å². The summed E-state index contributed by atoms with van der Waals surface area (Å²) in [5.74, 6) is 2.06. The minimum absolute atomic E-state index is 0.971. The standard InChI is InChI=1S/C23H29N5S/c1-6-9-17(20-11-8-13-29-20)22-18-10-7-12-28(23(18)25-27(22)5)19-15-24-21(26(3)4)14-16(19)2/h8-9,11,13-15H,6-7,10,12H2,1-5H3/b17-9-. The van der Waals surface area contributed by atoms with Crippen molar-refractivity contribution in [1.82, 2.24) is 14.8 Å².